The summed E-state index contributed by atoms with van der Waals surface area (Å²) < 4.78 is 29.0. The fourth-order valence-electron chi connectivity index (χ4n) is 3.29. The van der Waals surface area contributed by atoms with Crippen LogP contribution >= 0.6 is 15.9 Å². The largest absolute Gasteiger partial charge is 0.383 e. The molecule has 1 N–H and O–H groups in total. The van der Waals surface area contributed by atoms with Gasteiger partial charge in [0.05, 0.1) is 5.75 Å². The topological polar surface area (TPSA) is 52.7 Å². The molecule has 0 amide bonds. The zero-order valence-electron chi connectivity index (χ0n) is 15.7. The van der Waals surface area contributed by atoms with Gasteiger partial charge >= 0.3 is 0 Å². The average molecular weight is 452 g/mol. The summed E-state index contributed by atoms with van der Waals surface area (Å²) in [5.74, 6) is 0.120. The molecule has 0 aliphatic carbocycles. The third kappa shape index (κ3) is 5.31. The summed E-state index contributed by atoms with van der Waals surface area (Å²) >= 11 is 3.50. The quantitative estimate of drug-likeness (QED) is 0.732. The van der Waals surface area contributed by atoms with E-state index in [9.17, 15) is 8.42 Å². The van der Waals surface area contributed by atoms with E-state index in [0.717, 1.165) is 21.3 Å². The Labute approximate surface area is 170 Å². The molecule has 1 aliphatic heterocycles. The van der Waals surface area contributed by atoms with Crippen molar-refractivity contribution in [2.75, 3.05) is 38.3 Å². The molecule has 7 heteroatoms. The fraction of sp³-hybridized carbons (Fsp3) is 0.400. The SMILES string of the molecule is CN(C)CCS(=O)(=O)N1Cc2cc(Br)ccc2NCC1Cc1ccccc1. The predicted molar refractivity (Wildman–Crippen MR) is 114 cm³/mol. The first-order valence-electron chi connectivity index (χ1n) is 9.05. The van der Waals surface area contributed by atoms with Gasteiger partial charge in [-0.15, -0.1) is 0 Å². The van der Waals surface area contributed by atoms with E-state index in [1.54, 1.807) is 4.31 Å². The van der Waals surface area contributed by atoms with E-state index in [-0.39, 0.29) is 11.8 Å². The number of nitrogens with zero attached hydrogens (tertiary/aromatic N) is 2. The molecule has 0 saturated carbocycles. The molecule has 1 aliphatic rings. The van der Waals surface area contributed by atoms with Gasteiger partial charge in [-0.1, -0.05) is 46.3 Å². The summed E-state index contributed by atoms with van der Waals surface area (Å²) in [4.78, 5) is 1.91. The van der Waals surface area contributed by atoms with Crippen LogP contribution in [0.25, 0.3) is 0 Å². The first kappa shape index (κ1) is 20.3. The molecule has 0 saturated heterocycles. The molecule has 0 bridgehead atoms. The number of halogens is 1. The van der Waals surface area contributed by atoms with Crippen molar-refractivity contribution in [2.24, 2.45) is 0 Å². The number of hydrogen-bond donors (Lipinski definition) is 1. The number of hydrogen-bond acceptors (Lipinski definition) is 4. The van der Waals surface area contributed by atoms with Crippen LogP contribution in [0.1, 0.15) is 11.1 Å². The second-order valence-electron chi connectivity index (χ2n) is 7.19. The smallest absolute Gasteiger partial charge is 0.215 e. The van der Waals surface area contributed by atoms with Gasteiger partial charge in [-0.25, -0.2) is 8.42 Å². The molecule has 0 radical (unpaired) electrons. The maximum absolute atomic E-state index is 13.2. The van der Waals surface area contributed by atoms with Crippen molar-refractivity contribution >= 4 is 31.6 Å². The van der Waals surface area contributed by atoms with E-state index < -0.39 is 10.0 Å². The van der Waals surface area contributed by atoms with Crippen molar-refractivity contribution in [1.82, 2.24) is 9.21 Å². The standard InChI is InChI=1S/C20H26BrN3O2S/c1-23(2)10-11-27(25,26)24-15-17-13-18(21)8-9-20(17)22-14-19(24)12-16-6-4-3-5-7-16/h3-9,13,19,22H,10-12,14-15H2,1-2H3. The number of anilines is 1. The minimum Gasteiger partial charge on any atom is -0.383 e. The first-order valence-corrected chi connectivity index (χ1v) is 11.5. The monoisotopic (exact) mass is 451 g/mol. The lowest BCUT2D eigenvalue weighted by atomic mass is 10.1. The van der Waals surface area contributed by atoms with Crippen molar-refractivity contribution in [1.29, 1.82) is 0 Å². The van der Waals surface area contributed by atoms with Gasteiger partial charge in [0, 0.05) is 35.8 Å². The Morgan fingerprint density at radius 3 is 2.63 bits per heavy atom. The lowest BCUT2D eigenvalue weighted by Crippen LogP contribution is -2.45. The van der Waals surface area contributed by atoms with Crippen LogP contribution in [-0.4, -0.2) is 56.6 Å². The fourth-order valence-corrected chi connectivity index (χ4v) is 5.47. The predicted octanol–water partition coefficient (Wildman–Crippen LogP) is 3.18. The zero-order chi connectivity index (χ0) is 19.4. The van der Waals surface area contributed by atoms with Crippen molar-refractivity contribution < 1.29 is 8.42 Å². The Kier molecular flexibility index (Phi) is 6.57. The molecule has 0 fully saturated rings. The van der Waals surface area contributed by atoms with Gasteiger partial charge in [0.25, 0.3) is 0 Å². The van der Waals surface area contributed by atoms with Crippen LogP contribution in [0.5, 0.6) is 0 Å². The van der Waals surface area contributed by atoms with Gasteiger partial charge in [0.2, 0.25) is 10.0 Å². The average Bonchev–Trinajstić information content (AvgIpc) is 2.81. The summed E-state index contributed by atoms with van der Waals surface area (Å²) in [7, 11) is 0.402. The molecule has 0 aromatic heterocycles. The van der Waals surface area contributed by atoms with Crippen LogP contribution in [0, 0.1) is 0 Å². The molecule has 146 valence electrons. The van der Waals surface area contributed by atoms with Crippen LogP contribution in [0.3, 0.4) is 0 Å². The third-order valence-electron chi connectivity index (χ3n) is 4.80. The maximum Gasteiger partial charge on any atom is 0.215 e. The van der Waals surface area contributed by atoms with Crippen LogP contribution in [0.4, 0.5) is 5.69 Å². The van der Waals surface area contributed by atoms with Gasteiger partial charge in [0.15, 0.2) is 0 Å². The number of benzene rings is 2. The molecule has 1 atom stereocenters. The van der Waals surface area contributed by atoms with Crippen molar-refractivity contribution in [3.8, 4) is 0 Å². The molecule has 3 rings (SSSR count). The highest BCUT2D eigenvalue weighted by Crippen LogP contribution is 2.28. The first-order chi connectivity index (χ1) is 12.8. The van der Waals surface area contributed by atoms with E-state index in [4.69, 9.17) is 0 Å². The van der Waals surface area contributed by atoms with Gasteiger partial charge in [-0.2, -0.15) is 4.31 Å². The van der Waals surface area contributed by atoms with E-state index in [1.807, 2.05) is 55.4 Å². The van der Waals surface area contributed by atoms with Gasteiger partial charge in [0.1, 0.15) is 0 Å². The Morgan fingerprint density at radius 1 is 1.19 bits per heavy atom. The Balaban J connectivity index is 1.92. The molecular weight excluding hydrogens is 426 g/mol. The number of fused-ring (bicyclic) bond motifs is 1. The zero-order valence-corrected chi connectivity index (χ0v) is 18.1. The number of nitrogens with one attached hydrogen (secondary N) is 1. The number of sulfonamides is 1. The van der Waals surface area contributed by atoms with E-state index in [2.05, 4.69) is 33.4 Å². The second kappa shape index (κ2) is 8.73. The minimum atomic E-state index is -3.39. The number of rotatable bonds is 6. The maximum atomic E-state index is 13.2. The van der Waals surface area contributed by atoms with Crippen LogP contribution in [0.2, 0.25) is 0 Å². The molecule has 1 unspecified atom stereocenters. The Morgan fingerprint density at radius 2 is 1.93 bits per heavy atom. The molecule has 27 heavy (non-hydrogen) atoms. The van der Waals surface area contributed by atoms with Gasteiger partial charge in [-0.3, -0.25) is 0 Å². The molecule has 0 spiro atoms. The molecule has 1 heterocycles. The van der Waals surface area contributed by atoms with Gasteiger partial charge < -0.3 is 10.2 Å². The van der Waals surface area contributed by atoms with Crippen LogP contribution in [0.15, 0.2) is 53.0 Å². The van der Waals surface area contributed by atoms with E-state index >= 15 is 0 Å². The third-order valence-corrected chi connectivity index (χ3v) is 7.13. The highest BCUT2D eigenvalue weighted by atomic mass is 79.9. The normalized spacial score (nSPS) is 18.0. The molecule has 2 aromatic carbocycles. The van der Waals surface area contributed by atoms with Crippen LogP contribution < -0.4 is 5.32 Å². The summed E-state index contributed by atoms with van der Waals surface area (Å²) in [6.45, 7) is 1.48. The van der Waals surface area contributed by atoms with Crippen molar-refractivity contribution in [3.63, 3.8) is 0 Å². The van der Waals surface area contributed by atoms with Crippen molar-refractivity contribution in [2.45, 2.75) is 19.0 Å². The van der Waals surface area contributed by atoms with E-state index in [1.165, 1.54) is 0 Å². The molecule has 5 nitrogen and oxygen atoms in total. The minimum absolute atomic E-state index is 0.120. The Bertz CT molecular complexity index is 872. The summed E-state index contributed by atoms with van der Waals surface area (Å²) in [6, 6.07) is 15.9. The lowest BCUT2D eigenvalue weighted by Gasteiger charge is -2.29. The highest BCUT2D eigenvalue weighted by Gasteiger charge is 2.32. The van der Waals surface area contributed by atoms with Crippen molar-refractivity contribution in [3.05, 3.63) is 64.1 Å². The summed E-state index contributed by atoms with van der Waals surface area (Å²) in [6.07, 6.45) is 0.685. The summed E-state index contributed by atoms with van der Waals surface area (Å²) in [5.41, 5.74) is 3.14. The second-order valence-corrected chi connectivity index (χ2v) is 10.1. The van der Waals surface area contributed by atoms with Gasteiger partial charge in [-0.05, 0) is 49.8 Å². The molecular formula is C20H26BrN3O2S. The lowest BCUT2D eigenvalue weighted by molar-refractivity contribution is 0.322. The van der Waals surface area contributed by atoms with E-state index in [0.29, 0.717) is 26.1 Å². The van der Waals surface area contributed by atoms with Crippen LogP contribution in [-0.2, 0) is 23.0 Å². The highest BCUT2D eigenvalue weighted by molar-refractivity contribution is 9.10. The summed E-state index contributed by atoms with van der Waals surface area (Å²) in [5, 5.41) is 3.45. The Hall–Kier alpha value is -1.41. The molecule has 2 aromatic rings.